The summed E-state index contributed by atoms with van der Waals surface area (Å²) < 4.78 is 5.24. The first-order valence-corrected chi connectivity index (χ1v) is 6.61. The molecule has 0 saturated heterocycles. The maximum atomic E-state index is 5.24. The van der Waals surface area contributed by atoms with E-state index in [9.17, 15) is 0 Å². The van der Waals surface area contributed by atoms with Crippen molar-refractivity contribution in [2.75, 3.05) is 13.1 Å². The van der Waals surface area contributed by atoms with Gasteiger partial charge < -0.3 is 9.84 Å². The van der Waals surface area contributed by atoms with Crippen molar-refractivity contribution in [1.29, 1.82) is 0 Å². The van der Waals surface area contributed by atoms with Gasteiger partial charge in [0.25, 0.3) is 0 Å². The minimum atomic E-state index is 0.587. The van der Waals surface area contributed by atoms with Crippen molar-refractivity contribution < 1.29 is 4.52 Å². The van der Waals surface area contributed by atoms with E-state index >= 15 is 0 Å². The normalized spacial score (nSPS) is 11.1. The highest BCUT2D eigenvalue weighted by atomic mass is 16.5. The topological polar surface area (TPSA) is 76.7 Å². The molecule has 0 aliphatic heterocycles. The van der Waals surface area contributed by atoms with Crippen LogP contribution in [-0.2, 0) is 6.42 Å². The molecule has 20 heavy (non-hydrogen) atoms. The predicted octanol–water partition coefficient (Wildman–Crippen LogP) is 1.83. The number of fused-ring (bicyclic) bond motifs is 1. The number of rotatable bonds is 5. The summed E-state index contributed by atoms with van der Waals surface area (Å²) in [5.74, 6) is 1.23. The number of hydrogen-bond acceptors (Lipinski definition) is 6. The van der Waals surface area contributed by atoms with Gasteiger partial charge in [-0.3, -0.25) is 9.97 Å². The van der Waals surface area contributed by atoms with E-state index in [-0.39, 0.29) is 0 Å². The van der Waals surface area contributed by atoms with Crippen molar-refractivity contribution in [2.45, 2.75) is 13.3 Å². The Bertz CT molecular complexity index is 709. The molecule has 0 unspecified atom stereocenters. The Kier molecular flexibility index (Phi) is 3.64. The molecule has 0 aliphatic rings. The van der Waals surface area contributed by atoms with Gasteiger partial charge in [0.15, 0.2) is 0 Å². The number of hydrogen-bond donors (Lipinski definition) is 1. The van der Waals surface area contributed by atoms with Gasteiger partial charge in [-0.25, -0.2) is 0 Å². The van der Waals surface area contributed by atoms with Gasteiger partial charge in [0.1, 0.15) is 0 Å². The summed E-state index contributed by atoms with van der Waals surface area (Å²) in [6.45, 7) is 3.83. The highest BCUT2D eigenvalue weighted by Crippen LogP contribution is 2.19. The number of nitrogens with one attached hydrogen (secondary N) is 1. The summed E-state index contributed by atoms with van der Waals surface area (Å²) in [6, 6.07) is 5.75. The molecule has 0 bridgehead atoms. The molecule has 0 fully saturated rings. The van der Waals surface area contributed by atoms with Crippen molar-refractivity contribution in [3.63, 3.8) is 0 Å². The zero-order chi connectivity index (χ0) is 13.8. The molecule has 0 amide bonds. The Morgan fingerprint density at radius 1 is 1.15 bits per heavy atom. The standard InChI is InChI=1S/C14H15N5O/c1-2-15-6-5-13-18-14(19-20-13)10-3-4-11-12(9-10)17-8-7-16-11/h3-4,7-9,15H,2,5-6H2,1H3. The molecule has 2 aromatic heterocycles. The zero-order valence-electron chi connectivity index (χ0n) is 11.2. The molecule has 3 rings (SSSR count). The fraction of sp³-hybridized carbons (Fsp3) is 0.286. The van der Waals surface area contributed by atoms with E-state index < -0.39 is 0 Å². The molecule has 2 heterocycles. The third-order valence-corrected chi connectivity index (χ3v) is 2.96. The Labute approximate surface area is 116 Å². The second-order valence-electron chi connectivity index (χ2n) is 4.38. The summed E-state index contributed by atoms with van der Waals surface area (Å²) in [6.07, 6.45) is 4.08. The lowest BCUT2D eigenvalue weighted by atomic mass is 10.2. The maximum Gasteiger partial charge on any atom is 0.228 e. The fourth-order valence-electron chi connectivity index (χ4n) is 1.95. The molecule has 0 atom stereocenters. The van der Waals surface area contributed by atoms with E-state index in [1.807, 2.05) is 18.2 Å². The highest BCUT2D eigenvalue weighted by Gasteiger charge is 2.09. The zero-order valence-corrected chi connectivity index (χ0v) is 11.2. The third kappa shape index (κ3) is 2.65. The van der Waals surface area contributed by atoms with Crippen molar-refractivity contribution in [3.05, 3.63) is 36.5 Å². The summed E-state index contributed by atoms with van der Waals surface area (Å²) in [4.78, 5) is 12.9. The van der Waals surface area contributed by atoms with E-state index in [2.05, 4.69) is 32.3 Å². The Balaban J connectivity index is 1.83. The Hall–Kier alpha value is -2.34. The van der Waals surface area contributed by atoms with E-state index in [0.29, 0.717) is 11.7 Å². The first-order chi connectivity index (χ1) is 9.86. The largest absolute Gasteiger partial charge is 0.339 e. The smallest absolute Gasteiger partial charge is 0.228 e. The third-order valence-electron chi connectivity index (χ3n) is 2.96. The quantitative estimate of drug-likeness (QED) is 0.712. The van der Waals surface area contributed by atoms with Gasteiger partial charge >= 0.3 is 0 Å². The van der Waals surface area contributed by atoms with Crippen LogP contribution in [0, 0.1) is 0 Å². The fourth-order valence-corrected chi connectivity index (χ4v) is 1.95. The molecule has 0 saturated carbocycles. The lowest BCUT2D eigenvalue weighted by molar-refractivity contribution is 0.377. The molecule has 1 N–H and O–H groups in total. The molecular formula is C14H15N5O. The van der Waals surface area contributed by atoms with Crippen LogP contribution in [0.4, 0.5) is 0 Å². The van der Waals surface area contributed by atoms with Gasteiger partial charge in [-0.05, 0) is 24.7 Å². The summed E-state index contributed by atoms with van der Waals surface area (Å²) in [5, 5.41) is 7.23. The van der Waals surface area contributed by atoms with Crippen LogP contribution in [0.3, 0.4) is 0 Å². The highest BCUT2D eigenvalue weighted by molar-refractivity contribution is 5.79. The molecular weight excluding hydrogens is 254 g/mol. The average molecular weight is 269 g/mol. The Morgan fingerprint density at radius 3 is 2.85 bits per heavy atom. The lowest BCUT2D eigenvalue weighted by Crippen LogP contribution is -2.16. The molecule has 102 valence electrons. The van der Waals surface area contributed by atoms with Gasteiger partial charge in [0.05, 0.1) is 11.0 Å². The number of likely N-dealkylation sites (N-methyl/N-ethyl adjacent to an activating group) is 1. The second kappa shape index (κ2) is 5.75. The van der Waals surface area contributed by atoms with Crippen LogP contribution < -0.4 is 5.32 Å². The van der Waals surface area contributed by atoms with Crippen LogP contribution in [0.2, 0.25) is 0 Å². The number of aromatic nitrogens is 4. The van der Waals surface area contributed by atoms with Gasteiger partial charge in [-0.2, -0.15) is 4.98 Å². The van der Waals surface area contributed by atoms with Crippen molar-refractivity contribution >= 4 is 11.0 Å². The van der Waals surface area contributed by atoms with E-state index in [4.69, 9.17) is 4.52 Å². The van der Waals surface area contributed by atoms with Crippen LogP contribution in [0.5, 0.6) is 0 Å². The summed E-state index contributed by atoms with van der Waals surface area (Å²) in [5.41, 5.74) is 2.56. The minimum Gasteiger partial charge on any atom is -0.339 e. The molecule has 6 nitrogen and oxygen atoms in total. The maximum absolute atomic E-state index is 5.24. The lowest BCUT2D eigenvalue weighted by Gasteiger charge is -1.97. The average Bonchev–Trinajstić information content (AvgIpc) is 2.96. The van der Waals surface area contributed by atoms with Gasteiger partial charge in [-0.15, -0.1) is 0 Å². The van der Waals surface area contributed by atoms with Gasteiger partial charge in [-0.1, -0.05) is 12.1 Å². The van der Waals surface area contributed by atoms with E-state index in [1.165, 1.54) is 0 Å². The van der Waals surface area contributed by atoms with Crippen molar-refractivity contribution in [2.24, 2.45) is 0 Å². The summed E-state index contributed by atoms with van der Waals surface area (Å²) >= 11 is 0. The van der Waals surface area contributed by atoms with Gasteiger partial charge in [0.2, 0.25) is 11.7 Å². The number of benzene rings is 1. The molecule has 0 radical (unpaired) electrons. The number of nitrogens with zero attached hydrogens (tertiary/aromatic N) is 4. The summed E-state index contributed by atoms with van der Waals surface area (Å²) in [7, 11) is 0. The first-order valence-electron chi connectivity index (χ1n) is 6.61. The predicted molar refractivity (Wildman–Crippen MR) is 75.1 cm³/mol. The van der Waals surface area contributed by atoms with Crippen LogP contribution >= 0.6 is 0 Å². The van der Waals surface area contributed by atoms with E-state index in [1.54, 1.807) is 12.4 Å². The van der Waals surface area contributed by atoms with Crippen molar-refractivity contribution in [3.8, 4) is 11.4 Å². The molecule has 1 aromatic carbocycles. The Morgan fingerprint density at radius 2 is 2.00 bits per heavy atom. The monoisotopic (exact) mass is 269 g/mol. The molecule has 0 spiro atoms. The second-order valence-corrected chi connectivity index (χ2v) is 4.38. The van der Waals surface area contributed by atoms with Crippen molar-refractivity contribution in [1.82, 2.24) is 25.4 Å². The van der Waals surface area contributed by atoms with Crippen LogP contribution in [0.25, 0.3) is 22.4 Å². The minimum absolute atomic E-state index is 0.587. The molecule has 6 heteroatoms. The molecule has 3 aromatic rings. The van der Waals surface area contributed by atoms with Crippen LogP contribution in [0.15, 0.2) is 35.1 Å². The van der Waals surface area contributed by atoms with Gasteiger partial charge in [0, 0.05) is 30.9 Å². The first kappa shape index (κ1) is 12.7. The van der Waals surface area contributed by atoms with Crippen LogP contribution in [-0.4, -0.2) is 33.2 Å². The molecule has 0 aliphatic carbocycles. The SMILES string of the molecule is CCNCCc1nc(-c2ccc3nccnc3c2)no1. The van der Waals surface area contributed by atoms with Crippen LogP contribution in [0.1, 0.15) is 12.8 Å². The van der Waals surface area contributed by atoms with E-state index in [0.717, 1.165) is 36.1 Å².